The van der Waals surface area contributed by atoms with Crippen molar-refractivity contribution >= 4 is 23.8 Å². The molecule has 0 fully saturated rings. The Morgan fingerprint density at radius 2 is 1.56 bits per heavy atom. The van der Waals surface area contributed by atoms with E-state index >= 15 is 0 Å². The molecular formula is C32H38ClNO2. The highest BCUT2D eigenvalue weighted by molar-refractivity contribution is 5.96. The molecule has 4 rings (SSSR count). The summed E-state index contributed by atoms with van der Waals surface area (Å²) in [5.74, 6) is 1.15. The average Bonchev–Trinajstić information content (AvgIpc) is 3.00. The predicted octanol–water partition coefficient (Wildman–Crippen LogP) is 7.72. The molecular weight excluding hydrogens is 466 g/mol. The van der Waals surface area contributed by atoms with E-state index in [-0.39, 0.29) is 23.6 Å². The molecule has 1 heterocycles. The van der Waals surface area contributed by atoms with Gasteiger partial charge in [0.2, 0.25) is 0 Å². The highest BCUT2D eigenvalue weighted by atomic mass is 35.5. The van der Waals surface area contributed by atoms with Crippen molar-refractivity contribution in [1.82, 2.24) is 4.90 Å². The summed E-state index contributed by atoms with van der Waals surface area (Å²) in [6.45, 7) is 11.1. The molecule has 3 aromatic rings. The second-order valence-electron chi connectivity index (χ2n) is 10.7. The minimum Gasteiger partial charge on any atom is -0.488 e. The molecule has 0 aromatic heterocycles. The van der Waals surface area contributed by atoms with E-state index in [0.29, 0.717) is 13.0 Å². The maximum absolute atomic E-state index is 12.7. The van der Waals surface area contributed by atoms with Crippen LogP contribution in [-0.4, -0.2) is 30.8 Å². The lowest BCUT2D eigenvalue weighted by Crippen LogP contribution is -2.23. The average molecular weight is 504 g/mol. The fourth-order valence-corrected chi connectivity index (χ4v) is 4.82. The van der Waals surface area contributed by atoms with Crippen molar-refractivity contribution in [3.8, 4) is 5.75 Å². The maximum atomic E-state index is 12.7. The van der Waals surface area contributed by atoms with Gasteiger partial charge in [0.1, 0.15) is 12.4 Å². The fourth-order valence-electron chi connectivity index (χ4n) is 4.82. The number of halogens is 1. The van der Waals surface area contributed by atoms with Gasteiger partial charge in [-0.3, -0.25) is 4.79 Å². The lowest BCUT2D eigenvalue weighted by molar-refractivity contribution is 0.0976. The molecule has 4 heteroatoms. The van der Waals surface area contributed by atoms with Crippen LogP contribution in [0.25, 0.3) is 5.57 Å². The van der Waals surface area contributed by atoms with Gasteiger partial charge in [-0.1, -0.05) is 93.1 Å². The van der Waals surface area contributed by atoms with Gasteiger partial charge in [0, 0.05) is 24.1 Å². The Balaban J connectivity index is 0.00000361. The molecule has 0 aliphatic carbocycles. The third kappa shape index (κ3) is 6.46. The van der Waals surface area contributed by atoms with E-state index in [9.17, 15) is 4.79 Å². The first-order valence-electron chi connectivity index (χ1n) is 12.6. The molecule has 0 amide bonds. The van der Waals surface area contributed by atoms with E-state index in [2.05, 4.69) is 94.2 Å². The minimum absolute atomic E-state index is 0. The highest BCUT2D eigenvalue weighted by Crippen LogP contribution is 2.38. The number of Topliss-reactive ketones (excluding diaryl/α,β-unsaturated/α-hetero) is 1. The number of ether oxygens (including phenoxy) is 1. The summed E-state index contributed by atoms with van der Waals surface area (Å²) in [6.07, 6.45) is 1.41. The molecule has 0 saturated heterocycles. The minimum atomic E-state index is 0. The van der Waals surface area contributed by atoms with Crippen molar-refractivity contribution in [3.05, 3.63) is 106 Å². The van der Waals surface area contributed by atoms with Crippen LogP contribution in [0.15, 0.2) is 78.4 Å². The Morgan fingerprint density at radius 1 is 0.917 bits per heavy atom. The Labute approximate surface area is 222 Å². The molecule has 0 unspecified atom stereocenters. The standard InChI is InChI=1S/C32H37NO2.ClH/c1-23(31-27-12-7-6-11-25(27)22-35-30-15-9-8-13-28(30)31)21-33(5)20-10-14-29(34)24-16-18-26(19-17-24)32(2,3)4;/h6-9,11-13,15-19H,10,14,20-22H2,1-5H3;1H/b31-23+;. The second-order valence-corrected chi connectivity index (χ2v) is 10.7. The number of hydrogen-bond donors (Lipinski definition) is 0. The first-order chi connectivity index (χ1) is 16.7. The zero-order chi connectivity index (χ0) is 25.0. The van der Waals surface area contributed by atoms with E-state index in [4.69, 9.17) is 4.74 Å². The number of rotatable bonds is 7. The number of nitrogens with zero attached hydrogens (tertiary/aromatic N) is 1. The van der Waals surface area contributed by atoms with E-state index in [1.54, 1.807) is 0 Å². The molecule has 1 aliphatic heterocycles. The van der Waals surface area contributed by atoms with Crippen LogP contribution in [0.3, 0.4) is 0 Å². The van der Waals surface area contributed by atoms with E-state index in [1.807, 2.05) is 18.2 Å². The molecule has 3 nitrogen and oxygen atoms in total. The molecule has 0 N–H and O–H groups in total. The van der Waals surface area contributed by atoms with Gasteiger partial charge in [-0.25, -0.2) is 0 Å². The lowest BCUT2D eigenvalue weighted by atomic mass is 9.86. The Morgan fingerprint density at radius 3 is 2.25 bits per heavy atom. The third-order valence-electron chi connectivity index (χ3n) is 6.78. The monoisotopic (exact) mass is 503 g/mol. The Kier molecular flexibility index (Phi) is 9.16. The van der Waals surface area contributed by atoms with Gasteiger partial charge >= 0.3 is 0 Å². The fraction of sp³-hybridized carbons (Fsp3) is 0.344. The van der Waals surface area contributed by atoms with Crippen molar-refractivity contribution in [2.24, 2.45) is 0 Å². The summed E-state index contributed by atoms with van der Waals surface area (Å²) in [5.41, 5.74) is 8.34. The van der Waals surface area contributed by atoms with Crippen LogP contribution in [0.5, 0.6) is 5.75 Å². The van der Waals surface area contributed by atoms with Crippen LogP contribution in [0, 0.1) is 0 Å². The number of ketones is 1. The number of fused-ring (bicyclic) bond motifs is 2. The largest absolute Gasteiger partial charge is 0.488 e. The summed E-state index contributed by atoms with van der Waals surface area (Å²) in [7, 11) is 2.14. The molecule has 0 saturated carbocycles. The summed E-state index contributed by atoms with van der Waals surface area (Å²) < 4.78 is 6.13. The SMILES string of the molecule is C/C(CN(C)CCCC(=O)c1ccc(C(C)(C)C)cc1)=C1/c2ccccc2COc2ccccc21.Cl. The molecule has 0 atom stereocenters. The van der Waals surface area contributed by atoms with E-state index < -0.39 is 0 Å². The topological polar surface area (TPSA) is 29.5 Å². The molecule has 0 bridgehead atoms. The van der Waals surface area contributed by atoms with Gasteiger partial charge in [0.05, 0.1) is 0 Å². The van der Waals surface area contributed by atoms with Crippen LogP contribution in [0.4, 0.5) is 0 Å². The zero-order valence-electron chi connectivity index (χ0n) is 22.1. The Bertz CT molecular complexity index is 1170. The van der Waals surface area contributed by atoms with Gasteiger partial charge in [-0.15, -0.1) is 12.4 Å². The van der Waals surface area contributed by atoms with Crippen LogP contribution >= 0.6 is 12.4 Å². The lowest BCUT2D eigenvalue weighted by Gasteiger charge is -2.21. The summed E-state index contributed by atoms with van der Waals surface area (Å²) in [6, 6.07) is 25.0. The molecule has 0 spiro atoms. The van der Waals surface area contributed by atoms with Gasteiger partial charge in [-0.05, 0) is 60.7 Å². The van der Waals surface area contributed by atoms with Crippen molar-refractivity contribution < 1.29 is 9.53 Å². The normalized spacial score (nSPS) is 14.2. The molecule has 1 aliphatic rings. The predicted molar refractivity (Wildman–Crippen MR) is 152 cm³/mol. The number of benzene rings is 3. The van der Waals surface area contributed by atoms with Crippen LogP contribution in [-0.2, 0) is 12.0 Å². The van der Waals surface area contributed by atoms with Crippen LogP contribution in [0.2, 0.25) is 0 Å². The zero-order valence-corrected chi connectivity index (χ0v) is 23.0. The maximum Gasteiger partial charge on any atom is 0.162 e. The van der Waals surface area contributed by atoms with Gasteiger partial charge in [-0.2, -0.15) is 0 Å². The van der Waals surface area contributed by atoms with Crippen LogP contribution in [0.1, 0.15) is 73.1 Å². The van der Waals surface area contributed by atoms with Crippen molar-refractivity contribution in [1.29, 1.82) is 0 Å². The smallest absolute Gasteiger partial charge is 0.162 e. The number of likely N-dealkylation sites (N-methyl/N-ethyl adjacent to an activating group) is 1. The summed E-state index contributed by atoms with van der Waals surface area (Å²) >= 11 is 0. The number of para-hydroxylation sites is 1. The Hall–Kier alpha value is -2.88. The van der Waals surface area contributed by atoms with Gasteiger partial charge < -0.3 is 9.64 Å². The quantitative estimate of drug-likeness (QED) is 0.309. The van der Waals surface area contributed by atoms with Crippen molar-refractivity contribution in [2.45, 2.75) is 52.6 Å². The summed E-state index contributed by atoms with van der Waals surface area (Å²) in [4.78, 5) is 15.0. The van der Waals surface area contributed by atoms with Gasteiger partial charge in [0.25, 0.3) is 0 Å². The third-order valence-corrected chi connectivity index (χ3v) is 6.78. The van der Waals surface area contributed by atoms with E-state index in [0.717, 1.165) is 36.4 Å². The van der Waals surface area contributed by atoms with Crippen LogP contribution < -0.4 is 4.74 Å². The van der Waals surface area contributed by atoms with E-state index in [1.165, 1.54) is 27.8 Å². The van der Waals surface area contributed by atoms with Gasteiger partial charge in [0.15, 0.2) is 5.78 Å². The molecule has 36 heavy (non-hydrogen) atoms. The summed E-state index contributed by atoms with van der Waals surface area (Å²) in [5, 5.41) is 0. The number of carbonyl (C=O) groups excluding carboxylic acids is 1. The highest BCUT2D eigenvalue weighted by Gasteiger charge is 2.21. The number of hydrogen-bond acceptors (Lipinski definition) is 3. The number of carbonyl (C=O) groups is 1. The van der Waals surface area contributed by atoms with Crippen molar-refractivity contribution in [3.63, 3.8) is 0 Å². The first kappa shape index (κ1) is 27.7. The molecule has 3 aromatic carbocycles. The van der Waals surface area contributed by atoms with Crippen molar-refractivity contribution in [2.75, 3.05) is 20.1 Å². The first-order valence-corrected chi connectivity index (χ1v) is 12.6. The second kappa shape index (κ2) is 11.9. The molecule has 190 valence electrons. The molecule has 0 radical (unpaired) electrons.